The summed E-state index contributed by atoms with van der Waals surface area (Å²) in [5.41, 5.74) is 21.1. The van der Waals surface area contributed by atoms with E-state index in [0.717, 1.165) is 117 Å². The summed E-state index contributed by atoms with van der Waals surface area (Å²) >= 11 is 0. The average molecular weight is 1620 g/mol. The minimum Gasteiger partial charge on any atom is -0.456 e. The molecule has 0 aliphatic carbocycles. The molecule has 2 heterocycles. The Hall–Kier alpha value is -14.9. The van der Waals surface area contributed by atoms with Gasteiger partial charge in [0.2, 0.25) is 0 Å². The molecule has 0 aliphatic rings. The van der Waals surface area contributed by atoms with Gasteiger partial charge in [-0.1, -0.05) is 374 Å². The summed E-state index contributed by atoms with van der Waals surface area (Å²) in [5.74, 6) is 0.469. The fourth-order valence-corrected chi connectivity index (χ4v) is 29.3. The molecule has 4 nitrogen and oxygen atoms in total. The molecule has 0 atom stereocenters. The van der Waals surface area contributed by atoms with E-state index >= 15 is 0 Å². The van der Waals surface area contributed by atoms with Gasteiger partial charge in [-0.3, -0.25) is 0 Å². The van der Waals surface area contributed by atoms with E-state index in [4.69, 9.17) is 15.4 Å². The number of para-hydroxylation sites is 2. The molecular weight excluding hydrogens is 1530 g/mol. The molecule has 0 radical (unpaired) electrons. The Bertz CT molecular complexity index is 7430. The molecule has 6 heteroatoms. The largest absolute Gasteiger partial charge is 0.456 e. The molecule has 0 saturated heterocycles. The zero-order valence-electron chi connectivity index (χ0n) is 69.8. The quantitative estimate of drug-likeness (QED) is 0.0293. The molecule has 0 unspecified atom stereocenters. The molecule has 0 amide bonds. The fourth-order valence-electron chi connectivity index (χ4n) is 20.0. The van der Waals surface area contributed by atoms with Gasteiger partial charge in [-0.25, -0.2) is 0 Å². The van der Waals surface area contributed by atoms with Gasteiger partial charge in [0.15, 0.2) is 16.1 Å². The number of hydrogen-bond donors (Lipinski definition) is 0. The van der Waals surface area contributed by atoms with E-state index < -0.39 is 16.1 Å². The van der Waals surface area contributed by atoms with Gasteiger partial charge in [0.25, 0.3) is 0 Å². The topological polar surface area (TPSA) is 32.8 Å². The number of anilines is 6. The van der Waals surface area contributed by atoms with Crippen molar-refractivity contribution in [1.82, 2.24) is 0 Å². The summed E-state index contributed by atoms with van der Waals surface area (Å²) in [5, 5.41) is 22.2. The summed E-state index contributed by atoms with van der Waals surface area (Å²) in [6.07, 6.45) is 4.29. The van der Waals surface area contributed by atoms with E-state index in [0.29, 0.717) is 0 Å². The van der Waals surface area contributed by atoms with Crippen LogP contribution in [0.4, 0.5) is 34.1 Å². The molecule has 19 aromatic carbocycles. The van der Waals surface area contributed by atoms with Crippen molar-refractivity contribution in [2.45, 2.75) is 39.5 Å². The second-order valence-corrected chi connectivity index (χ2v) is 41.1. The number of nitrogens with zero attached hydrogens (tertiary/aromatic N) is 2. The van der Waals surface area contributed by atoms with E-state index in [2.05, 4.69) is 463 Å². The third kappa shape index (κ3) is 13.1. The van der Waals surface area contributed by atoms with Crippen LogP contribution in [-0.2, 0) is 0 Å². The first kappa shape index (κ1) is 76.5. The van der Waals surface area contributed by atoms with Crippen LogP contribution in [0.5, 0.6) is 0 Å². The van der Waals surface area contributed by atoms with Crippen molar-refractivity contribution in [1.29, 1.82) is 0 Å². The van der Waals surface area contributed by atoms with E-state index in [1.807, 2.05) is 18.2 Å². The number of benzene rings is 19. The van der Waals surface area contributed by atoms with Crippen molar-refractivity contribution in [3.8, 4) is 33.4 Å². The molecule has 2 aromatic heterocycles. The third-order valence-electron chi connectivity index (χ3n) is 25.8. The number of rotatable bonds is 22. The predicted molar refractivity (Wildman–Crippen MR) is 533 cm³/mol. The molecule has 0 bridgehead atoms. The SMILES string of the molecule is C=C/C(=C\C(=C)[Si](c1ccccc1)(c1ccccc1)c1ccccc1)c1cccc(N(c2ccc(-c3cc(C(C)C)c4ccc5c(-c6ccc(N(c7cccc(-c8cccc([Si](c9ccccc9)(c9ccccc9)c9ccccc9)c8)c7)c7ccc8c(c7)oc7ccccc78)cc6)cc(C(C)C)c6ccc3c4c56)cc2)c2ccc3c(c2)oc2ccccc23)c1. The molecule has 0 fully saturated rings. The van der Waals surface area contributed by atoms with Crippen molar-refractivity contribution in [3.63, 3.8) is 0 Å². The summed E-state index contributed by atoms with van der Waals surface area (Å²) in [7, 11) is -5.77. The second kappa shape index (κ2) is 31.9. The van der Waals surface area contributed by atoms with Gasteiger partial charge in [0, 0.05) is 67.8 Å². The van der Waals surface area contributed by atoms with E-state index in [1.165, 1.54) is 90.9 Å². The number of fused-ring (bicyclic) bond motifs is 6. The molecule has 592 valence electrons. The molecular formula is C118H90N2O2Si2. The first-order valence-corrected chi connectivity index (χ1v) is 47.1. The maximum Gasteiger partial charge on any atom is 0.179 e. The first-order chi connectivity index (χ1) is 61.0. The van der Waals surface area contributed by atoms with Crippen LogP contribution in [0.3, 0.4) is 0 Å². The van der Waals surface area contributed by atoms with Gasteiger partial charge < -0.3 is 18.6 Å². The summed E-state index contributed by atoms with van der Waals surface area (Å²) in [6, 6.07) is 157. The zero-order valence-corrected chi connectivity index (χ0v) is 71.8. The second-order valence-electron chi connectivity index (χ2n) is 33.4. The molecule has 0 saturated carbocycles. The number of furan rings is 2. The highest BCUT2D eigenvalue weighted by Crippen LogP contribution is 2.50. The highest BCUT2D eigenvalue weighted by molar-refractivity contribution is 7.20. The summed E-state index contributed by atoms with van der Waals surface area (Å²) < 4.78 is 13.4. The predicted octanol–water partition coefficient (Wildman–Crippen LogP) is 27.8. The maximum absolute atomic E-state index is 6.70. The Labute approximate surface area is 726 Å². The van der Waals surface area contributed by atoms with Gasteiger partial charge >= 0.3 is 0 Å². The fraction of sp³-hybridized carbons (Fsp3) is 0.0508. The van der Waals surface area contributed by atoms with Crippen LogP contribution in [-0.4, -0.2) is 16.1 Å². The summed E-state index contributed by atoms with van der Waals surface area (Å²) in [4.78, 5) is 4.76. The van der Waals surface area contributed by atoms with Gasteiger partial charge in [-0.2, -0.15) is 0 Å². The number of hydrogen-bond acceptors (Lipinski definition) is 4. The van der Waals surface area contributed by atoms with Crippen molar-refractivity contribution in [3.05, 3.63) is 472 Å². The molecule has 21 aromatic rings. The van der Waals surface area contributed by atoms with Crippen molar-refractivity contribution in [2.24, 2.45) is 0 Å². The van der Waals surface area contributed by atoms with E-state index in [1.54, 1.807) is 0 Å². The molecule has 124 heavy (non-hydrogen) atoms. The van der Waals surface area contributed by atoms with Crippen LogP contribution in [0.25, 0.3) is 115 Å². The Kier molecular flexibility index (Phi) is 19.7. The van der Waals surface area contributed by atoms with Crippen molar-refractivity contribution < 1.29 is 8.83 Å². The lowest BCUT2D eigenvalue weighted by Gasteiger charge is -2.35. The molecule has 21 rings (SSSR count). The van der Waals surface area contributed by atoms with Crippen LogP contribution in [0, 0.1) is 0 Å². The average Bonchev–Trinajstić information content (AvgIpc) is 0.860. The minimum absolute atomic E-state index is 0.233. The molecule has 0 aliphatic heterocycles. The highest BCUT2D eigenvalue weighted by atomic mass is 28.3. The molecule has 0 N–H and O–H groups in total. The lowest BCUT2D eigenvalue weighted by Crippen LogP contribution is -2.74. The maximum atomic E-state index is 6.70. The summed E-state index contributed by atoms with van der Waals surface area (Å²) in [6.45, 7) is 19.0. The van der Waals surface area contributed by atoms with Crippen LogP contribution in [0.15, 0.2) is 464 Å². The number of allylic oxidation sites excluding steroid dienone is 4. The van der Waals surface area contributed by atoms with E-state index in [-0.39, 0.29) is 11.8 Å². The van der Waals surface area contributed by atoms with Crippen LogP contribution in [0.2, 0.25) is 0 Å². The van der Waals surface area contributed by atoms with Gasteiger partial charge in [0.1, 0.15) is 22.3 Å². The Morgan fingerprint density at radius 1 is 0.274 bits per heavy atom. The zero-order chi connectivity index (χ0) is 83.6. The van der Waals surface area contributed by atoms with Crippen LogP contribution < -0.4 is 46.1 Å². The Balaban J connectivity index is 0.671. The first-order valence-electron chi connectivity index (χ1n) is 43.1. The van der Waals surface area contributed by atoms with E-state index in [9.17, 15) is 0 Å². The lowest BCUT2D eigenvalue weighted by atomic mass is 9.81. The lowest BCUT2D eigenvalue weighted by molar-refractivity contribution is 0.668. The monoisotopic (exact) mass is 1620 g/mol. The standard InChI is InChI=1S/C118H90N2O2Si2/c1-7-82(71-81(6)123(94-38-14-8-15-39-94,95-40-16-9-17-41-95)96-42-18-10-19-43-96)85-33-30-36-90(72-85)119(92-63-65-103-101-51-26-28-53-113(101)121-115(103)75-92)88-59-55-83(56-60-88)111-77-109(79(2)3)105-68-70-108-112(78-110(80(4)5)106-67-69-107(111)117(105)118(106)108)84-57-61-89(62-58-84)120(93-64-66-104-102-52-27-29-54-114(102)122-116(104)76-93)91-37-31-34-86(73-91)87-35-32-50-100(74-87)124(97-44-20-11-21-45-97,98-46-22-12-23-47-98)99-48-24-13-25-49-99/h7-80H,1,6H2,2-5H3/b82-71+. The van der Waals surface area contributed by atoms with Gasteiger partial charge in [-0.05, 0) is 233 Å². The Morgan fingerprint density at radius 2 is 0.613 bits per heavy atom. The van der Waals surface area contributed by atoms with Crippen LogP contribution in [0.1, 0.15) is 56.2 Å². The van der Waals surface area contributed by atoms with Gasteiger partial charge in [-0.15, -0.1) is 0 Å². The minimum atomic E-state index is -2.93. The highest BCUT2D eigenvalue weighted by Gasteiger charge is 2.43. The molecule has 0 spiro atoms. The Morgan fingerprint density at radius 3 is 1.04 bits per heavy atom. The smallest absolute Gasteiger partial charge is 0.179 e. The van der Waals surface area contributed by atoms with Gasteiger partial charge in [0.05, 0.1) is 0 Å². The third-order valence-corrected chi connectivity index (χ3v) is 35.2. The van der Waals surface area contributed by atoms with Crippen molar-refractivity contribution in [2.75, 3.05) is 9.80 Å². The normalized spacial score (nSPS) is 12.1. The van der Waals surface area contributed by atoms with Crippen molar-refractivity contribution >= 4 is 168 Å². The van der Waals surface area contributed by atoms with Crippen LogP contribution >= 0.6 is 0 Å².